The van der Waals surface area contributed by atoms with Crippen molar-refractivity contribution in [3.63, 3.8) is 0 Å². The van der Waals surface area contributed by atoms with E-state index in [2.05, 4.69) is 12.0 Å². The molecular formula is C14H24N2O. The lowest BCUT2D eigenvalue weighted by molar-refractivity contribution is 0.0988. The van der Waals surface area contributed by atoms with E-state index in [0.29, 0.717) is 6.42 Å². The summed E-state index contributed by atoms with van der Waals surface area (Å²) in [4.78, 5) is 11.4. The number of hydrogen-bond acceptors (Lipinski definition) is 2. The molecule has 0 unspecified atom stereocenters. The molecule has 0 aliphatic heterocycles. The van der Waals surface area contributed by atoms with Gasteiger partial charge in [0.25, 0.3) is 0 Å². The fourth-order valence-electron chi connectivity index (χ4n) is 1.89. The predicted octanol–water partition coefficient (Wildman–Crippen LogP) is 3.84. The van der Waals surface area contributed by atoms with Gasteiger partial charge in [-0.3, -0.25) is 9.48 Å². The minimum Gasteiger partial charge on any atom is -0.294 e. The Labute approximate surface area is 104 Å². The van der Waals surface area contributed by atoms with E-state index in [1.807, 2.05) is 17.8 Å². The van der Waals surface area contributed by atoms with Crippen molar-refractivity contribution in [2.75, 3.05) is 0 Å². The molecule has 96 valence electrons. The van der Waals surface area contributed by atoms with Gasteiger partial charge < -0.3 is 0 Å². The highest BCUT2D eigenvalue weighted by Gasteiger charge is 2.05. The number of carbonyl (C=O) groups excluding carboxylic acids is 1. The van der Waals surface area contributed by atoms with Crippen molar-refractivity contribution < 1.29 is 4.79 Å². The summed E-state index contributed by atoms with van der Waals surface area (Å²) < 4.78 is 1.89. The maximum atomic E-state index is 11.4. The van der Waals surface area contributed by atoms with E-state index in [0.717, 1.165) is 18.5 Å². The van der Waals surface area contributed by atoms with Gasteiger partial charge >= 0.3 is 0 Å². The first kappa shape index (κ1) is 13.9. The lowest BCUT2D eigenvalue weighted by Crippen LogP contribution is -1.99. The minimum absolute atomic E-state index is 0.180. The number of hydrogen-bond donors (Lipinski definition) is 0. The zero-order valence-corrected chi connectivity index (χ0v) is 11.1. The van der Waals surface area contributed by atoms with Gasteiger partial charge in [0.1, 0.15) is 0 Å². The summed E-state index contributed by atoms with van der Waals surface area (Å²) in [5.74, 6) is 0.180. The third-order valence-electron chi connectivity index (χ3n) is 3.02. The number of ketones is 1. The number of rotatable bonds is 9. The molecule has 3 heteroatoms. The van der Waals surface area contributed by atoms with E-state index in [1.54, 1.807) is 6.20 Å². The molecule has 0 aromatic carbocycles. The summed E-state index contributed by atoms with van der Waals surface area (Å²) >= 11 is 0. The van der Waals surface area contributed by atoms with E-state index >= 15 is 0 Å². The maximum Gasteiger partial charge on any atom is 0.165 e. The van der Waals surface area contributed by atoms with Crippen molar-refractivity contribution in [2.24, 2.45) is 0 Å². The van der Waals surface area contributed by atoms with Gasteiger partial charge in [-0.05, 0) is 6.42 Å². The quantitative estimate of drug-likeness (QED) is 0.482. The molecule has 17 heavy (non-hydrogen) atoms. The molecule has 0 saturated carbocycles. The summed E-state index contributed by atoms with van der Waals surface area (Å²) in [6, 6.07) is 0. The zero-order chi connectivity index (χ0) is 12.5. The Hall–Kier alpha value is -1.12. The van der Waals surface area contributed by atoms with Crippen LogP contribution < -0.4 is 0 Å². The number of aryl methyl sites for hydroxylation is 1. The smallest absolute Gasteiger partial charge is 0.165 e. The molecule has 0 saturated heterocycles. The van der Waals surface area contributed by atoms with Crippen LogP contribution in [0.4, 0.5) is 0 Å². The van der Waals surface area contributed by atoms with Crippen molar-refractivity contribution >= 4 is 5.78 Å². The molecule has 0 aliphatic rings. The molecule has 0 radical (unpaired) electrons. The molecular weight excluding hydrogens is 212 g/mol. The Bertz CT molecular complexity index is 331. The van der Waals surface area contributed by atoms with E-state index in [-0.39, 0.29) is 5.78 Å². The lowest BCUT2D eigenvalue weighted by Gasteiger charge is -2.01. The second kappa shape index (κ2) is 8.04. The molecule has 0 fully saturated rings. The van der Waals surface area contributed by atoms with E-state index < -0.39 is 0 Å². The number of carbonyl (C=O) groups is 1. The monoisotopic (exact) mass is 236 g/mol. The highest BCUT2D eigenvalue weighted by atomic mass is 16.1. The number of nitrogens with zero attached hydrogens (tertiary/aromatic N) is 2. The van der Waals surface area contributed by atoms with Crippen LogP contribution in [-0.2, 0) is 6.54 Å². The largest absolute Gasteiger partial charge is 0.294 e. The van der Waals surface area contributed by atoms with Crippen LogP contribution >= 0.6 is 0 Å². The van der Waals surface area contributed by atoms with E-state index in [4.69, 9.17) is 0 Å². The summed E-state index contributed by atoms with van der Waals surface area (Å²) in [6.45, 7) is 5.05. The van der Waals surface area contributed by atoms with Gasteiger partial charge in [0.15, 0.2) is 5.78 Å². The maximum absolute atomic E-state index is 11.4. The fourth-order valence-corrected chi connectivity index (χ4v) is 1.89. The van der Waals surface area contributed by atoms with Gasteiger partial charge in [0, 0.05) is 19.2 Å². The topological polar surface area (TPSA) is 34.9 Å². The lowest BCUT2D eigenvalue weighted by atomic mass is 10.1. The minimum atomic E-state index is 0.180. The highest BCUT2D eigenvalue weighted by molar-refractivity contribution is 5.95. The number of unbranched alkanes of at least 4 members (excludes halogenated alkanes) is 5. The van der Waals surface area contributed by atoms with Crippen molar-refractivity contribution in [2.45, 2.75) is 65.3 Å². The van der Waals surface area contributed by atoms with Crippen LogP contribution in [-0.4, -0.2) is 15.6 Å². The zero-order valence-electron chi connectivity index (χ0n) is 11.1. The predicted molar refractivity (Wildman–Crippen MR) is 70.2 cm³/mol. The number of aromatic nitrogens is 2. The van der Waals surface area contributed by atoms with Crippen molar-refractivity contribution in [1.82, 2.24) is 9.78 Å². The first-order chi connectivity index (χ1) is 8.27. The molecule has 1 heterocycles. The third-order valence-corrected chi connectivity index (χ3v) is 3.02. The van der Waals surface area contributed by atoms with Gasteiger partial charge in [0.2, 0.25) is 0 Å². The van der Waals surface area contributed by atoms with Gasteiger partial charge in [-0.25, -0.2) is 0 Å². The van der Waals surface area contributed by atoms with Crippen LogP contribution in [0.25, 0.3) is 0 Å². The third kappa shape index (κ3) is 5.16. The Morgan fingerprint density at radius 2 is 1.88 bits per heavy atom. The first-order valence-corrected chi connectivity index (χ1v) is 6.83. The van der Waals surface area contributed by atoms with Crippen molar-refractivity contribution in [3.05, 3.63) is 18.0 Å². The summed E-state index contributed by atoms with van der Waals surface area (Å²) in [5.41, 5.74) is 0.749. The molecule has 0 atom stereocenters. The number of Topliss-reactive ketones (excluding diaryl/α,β-unsaturated/α-hetero) is 1. The second-order valence-electron chi connectivity index (χ2n) is 4.54. The molecule has 1 aromatic rings. The average molecular weight is 236 g/mol. The molecule has 1 aromatic heterocycles. The first-order valence-electron chi connectivity index (χ1n) is 6.83. The molecule has 0 amide bonds. The van der Waals surface area contributed by atoms with Crippen molar-refractivity contribution in [3.8, 4) is 0 Å². The Morgan fingerprint density at radius 3 is 2.59 bits per heavy atom. The van der Waals surface area contributed by atoms with Crippen LogP contribution in [0.15, 0.2) is 12.4 Å². The Balaban J connectivity index is 2.19. The van der Waals surface area contributed by atoms with Crippen LogP contribution in [0.3, 0.4) is 0 Å². The van der Waals surface area contributed by atoms with Gasteiger partial charge in [0.05, 0.1) is 11.8 Å². The van der Waals surface area contributed by atoms with Crippen LogP contribution in [0.1, 0.15) is 69.2 Å². The molecule has 0 spiro atoms. The summed E-state index contributed by atoms with van der Waals surface area (Å²) in [6.07, 6.45) is 11.8. The molecule has 0 aliphatic carbocycles. The summed E-state index contributed by atoms with van der Waals surface area (Å²) in [5, 5.41) is 4.22. The van der Waals surface area contributed by atoms with Gasteiger partial charge in [-0.1, -0.05) is 46.0 Å². The van der Waals surface area contributed by atoms with E-state index in [9.17, 15) is 4.79 Å². The van der Waals surface area contributed by atoms with E-state index in [1.165, 1.54) is 32.1 Å². The van der Waals surface area contributed by atoms with Crippen LogP contribution in [0.5, 0.6) is 0 Å². The van der Waals surface area contributed by atoms with Crippen LogP contribution in [0.2, 0.25) is 0 Å². The SMILES string of the molecule is CCCCCCCCn1cc(C(=O)CC)cn1. The fraction of sp³-hybridized carbons (Fsp3) is 0.714. The van der Waals surface area contributed by atoms with Gasteiger partial charge in [-0.2, -0.15) is 5.10 Å². The molecule has 1 rings (SSSR count). The van der Waals surface area contributed by atoms with Crippen molar-refractivity contribution in [1.29, 1.82) is 0 Å². The Kier molecular flexibility index (Phi) is 6.60. The molecule has 0 N–H and O–H groups in total. The normalized spacial score (nSPS) is 10.7. The van der Waals surface area contributed by atoms with Crippen LogP contribution in [0, 0.1) is 0 Å². The van der Waals surface area contributed by atoms with Gasteiger partial charge in [-0.15, -0.1) is 0 Å². The second-order valence-corrected chi connectivity index (χ2v) is 4.54. The average Bonchev–Trinajstić information content (AvgIpc) is 2.81. The standard InChI is InChI=1S/C14H24N2O/c1-3-5-6-7-8-9-10-16-12-13(11-15-16)14(17)4-2/h11-12H,3-10H2,1-2H3. The Morgan fingerprint density at radius 1 is 1.18 bits per heavy atom. The molecule has 0 bridgehead atoms. The highest BCUT2D eigenvalue weighted by Crippen LogP contribution is 2.07. The summed E-state index contributed by atoms with van der Waals surface area (Å²) in [7, 11) is 0. The molecule has 3 nitrogen and oxygen atoms in total.